The number of rotatable bonds is 4. The largest absolute Gasteiger partial charge is 0.355 e. The normalized spacial score (nSPS) is 23.9. The van der Waals surface area contributed by atoms with E-state index in [1.165, 1.54) is 0 Å². The van der Waals surface area contributed by atoms with E-state index in [0.29, 0.717) is 13.0 Å². The number of carbonyl (C=O) groups excluding carboxylic acids is 1. The lowest BCUT2D eigenvalue weighted by Crippen LogP contribution is -2.37. The van der Waals surface area contributed by atoms with Crippen LogP contribution >= 0.6 is 0 Å². The number of aromatic nitrogens is 3. The van der Waals surface area contributed by atoms with Crippen LogP contribution in [0, 0.1) is 5.92 Å². The Bertz CT molecular complexity index is 395. The van der Waals surface area contributed by atoms with E-state index in [1.807, 2.05) is 7.05 Å². The number of amides is 1. The Morgan fingerprint density at radius 1 is 1.50 bits per heavy atom. The minimum atomic E-state index is 0.140. The second-order valence-electron chi connectivity index (χ2n) is 4.99. The summed E-state index contributed by atoms with van der Waals surface area (Å²) in [5.74, 6) is 1.06. The molecule has 0 unspecified atom stereocenters. The molecule has 1 aliphatic carbocycles. The molecule has 100 valence electrons. The van der Waals surface area contributed by atoms with Crippen LogP contribution in [-0.4, -0.2) is 33.3 Å². The summed E-state index contributed by atoms with van der Waals surface area (Å²) in [5, 5.41) is 7.12. The lowest BCUT2D eigenvalue weighted by Gasteiger charge is -2.25. The molecule has 6 nitrogen and oxygen atoms in total. The molecule has 1 heterocycles. The maximum atomic E-state index is 11.9. The van der Waals surface area contributed by atoms with E-state index in [0.717, 1.165) is 31.5 Å². The number of aryl methyl sites for hydroxylation is 1. The van der Waals surface area contributed by atoms with Gasteiger partial charge in [0.2, 0.25) is 5.91 Å². The van der Waals surface area contributed by atoms with Gasteiger partial charge in [0.05, 0.1) is 0 Å². The van der Waals surface area contributed by atoms with Crippen LogP contribution in [-0.2, 0) is 18.3 Å². The number of nitrogens with two attached hydrogens (primary N) is 1. The Kier molecular flexibility index (Phi) is 4.30. The average molecular weight is 251 g/mol. The van der Waals surface area contributed by atoms with Crippen molar-refractivity contribution in [1.29, 1.82) is 0 Å². The molecule has 1 aromatic rings. The standard InChI is InChI=1S/C12H21N5O/c1-17-8-15-11(16-17)6-7-14-12(18)9-2-4-10(13)5-3-9/h8-10H,2-7,13H2,1H3,(H,14,18). The Morgan fingerprint density at radius 2 is 2.22 bits per heavy atom. The molecule has 0 aliphatic heterocycles. The van der Waals surface area contributed by atoms with Crippen molar-refractivity contribution in [1.82, 2.24) is 20.1 Å². The fraction of sp³-hybridized carbons (Fsp3) is 0.750. The molecule has 0 aromatic carbocycles. The van der Waals surface area contributed by atoms with Gasteiger partial charge in [0, 0.05) is 32.0 Å². The van der Waals surface area contributed by atoms with Gasteiger partial charge in [0.25, 0.3) is 0 Å². The molecule has 0 saturated heterocycles. The summed E-state index contributed by atoms with van der Waals surface area (Å²) < 4.78 is 1.67. The van der Waals surface area contributed by atoms with Crippen molar-refractivity contribution in [3.63, 3.8) is 0 Å². The second-order valence-corrected chi connectivity index (χ2v) is 4.99. The summed E-state index contributed by atoms with van der Waals surface area (Å²) in [6.07, 6.45) is 6.09. The molecule has 0 bridgehead atoms. The van der Waals surface area contributed by atoms with E-state index in [4.69, 9.17) is 5.73 Å². The summed E-state index contributed by atoms with van der Waals surface area (Å²) >= 11 is 0. The Morgan fingerprint density at radius 3 is 2.83 bits per heavy atom. The third-order valence-corrected chi connectivity index (χ3v) is 3.44. The van der Waals surface area contributed by atoms with Crippen LogP contribution in [0.4, 0.5) is 0 Å². The number of hydrogen-bond acceptors (Lipinski definition) is 4. The van der Waals surface area contributed by atoms with Crippen LogP contribution in [0.15, 0.2) is 6.33 Å². The molecule has 1 aliphatic rings. The average Bonchev–Trinajstić information content (AvgIpc) is 2.76. The van der Waals surface area contributed by atoms with Gasteiger partial charge in [0.15, 0.2) is 5.82 Å². The zero-order chi connectivity index (χ0) is 13.0. The van der Waals surface area contributed by atoms with Gasteiger partial charge < -0.3 is 11.1 Å². The third-order valence-electron chi connectivity index (χ3n) is 3.44. The fourth-order valence-corrected chi connectivity index (χ4v) is 2.32. The lowest BCUT2D eigenvalue weighted by atomic mass is 9.86. The zero-order valence-electron chi connectivity index (χ0n) is 10.8. The molecule has 0 atom stereocenters. The second kappa shape index (κ2) is 5.95. The zero-order valence-corrected chi connectivity index (χ0v) is 10.8. The predicted octanol–water partition coefficient (Wildman–Crippen LogP) is -0.00870. The quantitative estimate of drug-likeness (QED) is 0.788. The van der Waals surface area contributed by atoms with Crippen LogP contribution in [0.5, 0.6) is 0 Å². The molecule has 3 N–H and O–H groups in total. The first-order valence-corrected chi connectivity index (χ1v) is 6.53. The minimum absolute atomic E-state index is 0.140. The van der Waals surface area contributed by atoms with Crippen molar-refractivity contribution < 1.29 is 4.79 Å². The number of carbonyl (C=O) groups is 1. The van der Waals surface area contributed by atoms with Crippen LogP contribution in [0.25, 0.3) is 0 Å². The van der Waals surface area contributed by atoms with Crippen molar-refractivity contribution in [3.8, 4) is 0 Å². The van der Waals surface area contributed by atoms with Crippen LogP contribution in [0.2, 0.25) is 0 Å². The first-order chi connectivity index (χ1) is 8.65. The van der Waals surface area contributed by atoms with Crippen molar-refractivity contribution in [3.05, 3.63) is 12.2 Å². The van der Waals surface area contributed by atoms with Gasteiger partial charge in [0.1, 0.15) is 6.33 Å². The summed E-state index contributed by atoms with van der Waals surface area (Å²) in [5.41, 5.74) is 5.82. The van der Waals surface area contributed by atoms with Gasteiger partial charge in [-0.05, 0) is 25.7 Å². The summed E-state index contributed by atoms with van der Waals surface area (Å²) in [7, 11) is 1.83. The molecule has 18 heavy (non-hydrogen) atoms. The molecule has 2 rings (SSSR count). The van der Waals surface area contributed by atoms with E-state index in [2.05, 4.69) is 15.4 Å². The van der Waals surface area contributed by atoms with Crippen molar-refractivity contribution in [2.24, 2.45) is 18.7 Å². The molecule has 1 amide bonds. The third kappa shape index (κ3) is 3.53. The van der Waals surface area contributed by atoms with Crippen LogP contribution < -0.4 is 11.1 Å². The highest BCUT2D eigenvalue weighted by Crippen LogP contribution is 2.22. The first kappa shape index (κ1) is 13.0. The molecule has 0 spiro atoms. The van der Waals surface area contributed by atoms with E-state index >= 15 is 0 Å². The maximum Gasteiger partial charge on any atom is 0.223 e. The highest BCUT2D eigenvalue weighted by atomic mass is 16.1. The van der Waals surface area contributed by atoms with E-state index in [9.17, 15) is 4.79 Å². The molecular weight excluding hydrogens is 230 g/mol. The van der Waals surface area contributed by atoms with E-state index in [-0.39, 0.29) is 17.9 Å². The Labute approximate surface area is 107 Å². The van der Waals surface area contributed by atoms with E-state index in [1.54, 1.807) is 11.0 Å². The smallest absolute Gasteiger partial charge is 0.223 e. The first-order valence-electron chi connectivity index (χ1n) is 6.53. The summed E-state index contributed by atoms with van der Waals surface area (Å²) in [6.45, 7) is 0.603. The van der Waals surface area contributed by atoms with Gasteiger partial charge in [-0.3, -0.25) is 9.48 Å². The van der Waals surface area contributed by atoms with Gasteiger partial charge in [-0.15, -0.1) is 0 Å². The highest BCUT2D eigenvalue weighted by molar-refractivity contribution is 5.78. The van der Waals surface area contributed by atoms with Crippen molar-refractivity contribution in [2.45, 2.75) is 38.1 Å². The van der Waals surface area contributed by atoms with Gasteiger partial charge in [-0.1, -0.05) is 0 Å². The molecule has 6 heteroatoms. The van der Waals surface area contributed by atoms with E-state index < -0.39 is 0 Å². The SMILES string of the molecule is Cn1cnc(CCNC(=O)C2CCC(N)CC2)n1. The highest BCUT2D eigenvalue weighted by Gasteiger charge is 2.24. The Balaban J connectivity index is 1.68. The fourth-order valence-electron chi connectivity index (χ4n) is 2.32. The number of nitrogens with zero attached hydrogens (tertiary/aromatic N) is 3. The van der Waals surface area contributed by atoms with Crippen molar-refractivity contribution >= 4 is 5.91 Å². The topological polar surface area (TPSA) is 85.8 Å². The maximum absolute atomic E-state index is 11.9. The minimum Gasteiger partial charge on any atom is -0.355 e. The van der Waals surface area contributed by atoms with Gasteiger partial charge in [-0.25, -0.2) is 4.98 Å². The van der Waals surface area contributed by atoms with Crippen LogP contribution in [0.1, 0.15) is 31.5 Å². The van der Waals surface area contributed by atoms with Gasteiger partial charge >= 0.3 is 0 Å². The Hall–Kier alpha value is -1.43. The summed E-state index contributed by atoms with van der Waals surface area (Å²) in [4.78, 5) is 16.0. The summed E-state index contributed by atoms with van der Waals surface area (Å²) in [6, 6.07) is 0.284. The number of hydrogen-bond donors (Lipinski definition) is 2. The lowest BCUT2D eigenvalue weighted by molar-refractivity contribution is -0.125. The molecule has 1 saturated carbocycles. The monoisotopic (exact) mass is 251 g/mol. The molecular formula is C12H21N5O. The molecule has 1 aromatic heterocycles. The van der Waals surface area contributed by atoms with Crippen molar-refractivity contribution in [2.75, 3.05) is 6.54 Å². The van der Waals surface area contributed by atoms with Gasteiger partial charge in [-0.2, -0.15) is 5.10 Å². The predicted molar refractivity (Wildman–Crippen MR) is 67.7 cm³/mol. The number of nitrogens with one attached hydrogen (secondary N) is 1. The van der Waals surface area contributed by atoms with Crippen LogP contribution in [0.3, 0.4) is 0 Å². The molecule has 1 fully saturated rings. The molecule has 0 radical (unpaired) electrons.